The number of ether oxygens (including phenoxy) is 2. The van der Waals surface area contributed by atoms with Crippen molar-refractivity contribution in [2.75, 3.05) is 13.7 Å². The first-order chi connectivity index (χ1) is 11.5. The van der Waals surface area contributed by atoms with E-state index in [1.165, 1.54) is 25.3 Å². The van der Waals surface area contributed by atoms with Gasteiger partial charge in [-0.1, -0.05) is 18.2 Å². The predicted molar refractivity (Wildman–Crippen MR) is 81.7 cm³/mol. The van der Waals surface area contributed by atoms with Crippen LogP contribution in [0.25, 0.3) is 0 Å². The van der Waals surface area contributed by atoms with Crippen molar-refractivity contribution in [2.45, 2.75) is 12.8 Å². The third kappa shape index (κ3) is 2.32. The lowest BCUT2D eigenvalue weighted by molar-refractivity contribution is -0.385. The van der Waals surface area contributed by atoms with Gasteiger partial charge in [0, 0.05) is 17.3 Å². The topological polar surface area (TPSA) is 108 Å². The Balaban J connectivity index is 2.26. The second kappa shape index (κ2) is 5.80. The first-order valence-corrected chi connectivity index (χ1v) is 7.15. The number of nitro groups is 1. The molecule has 0 spiro atoms. The number of allylic oxidation sites excluding steroid dienone is 1. The number of hydrogen-bond donors (Lipinski definition) is 1. The van der Waals surface area contributed by atoms with Crippen LogP contribution in [0.4, 0.5) is 5.69 Å². The van der Waals surface area contributed by atoms with E-state index in [1.54, 1.807) is 13.0 Å². The fourth-order valence-electron chi connectivity index (χ4n) is 3.06. The summed E-state index contributed by atoms with van der Waals surface area (Å²) in [5.41, 5.74) is 1.41. The third-order valence-electron chi connectivity index (χ3n) is 4.06. The molecule has 0 bridgehead atoms. The molecule has 0 aromatic heterocycles. The zero-order valence-corrected chi connectivity index (χ0v) is 13.0. The summed E-state index contributed by atoms with van der Waals surface area (Å²) in [4.78, 5) is 35.3. The van der Waals surface area contributed by atoms with E-state index >= 15 is 0 Å². The summed E-state index contributed by atoms with van der Waals surface area (Å²) in [7, 11) is 1.22. The smallest absolute Gasteiger partial charge is 0.337 e. The molecule has 8 nitrogen and oxygen atoms in total. The van der Waals surface area contributed by atoms with Gasteiger partial charge >= 0.3 is 11.9 Å². The molecule has 1 aromatic carbocycles. The quantitative estimate of drug-likeness (QED) is 0.509. The molecule has 1 aromatic rings. The minimum atomic E-state index is -0.912. The number of methoxy groups -OCH3 is 1. The molecule has 0 fully saturated rings. The maximum atomic E-state index is 12.3. The lowest BCUT2D eigenvalue weighted by Gasteiger charge is -2.27. The second-order valence-electron chi connectivity index (χ2n) is 5.37. The van der Waals surface area contributed by atoms with Gasteiger partial charge in [0.05, 0.1) is 34.8 Å². The van der Waals surface area contributed by atoms with Gasteiger partial charge in [0.2, 0.25) is 0 Å². The van der Waals surface area contributed by atoms with Gasteiger partial charge in [-0.05, 0) is 6.92 Å². The van der Waals surface area contributed by atoms with Gasteiger partial charge in [0.25, 0.3) is 5.69 Å². The maximum absolute atomic E-state index is 12.3. The van der Waals surface area contributed by atoms with Crippen LogP contribution in [0.3, 0.4) is 0 Å². The predicted octanol–water partition coefficient (Wildman–Crippen LogP) is 1.54. The highest BCUT2D eigenvalue weighted by Gasteiger charge is 2.43. The monoisotopic (exact) mass is 330 g/mol. The number of nitrogens with zero attached hydrogens (tertiary/aromatic N) is 1. The Morgan fingerprint density at radius 2 is 2.12 bits per heavy atom. The van der Waals surface area contributed by atoms with Gasteiger partial charge in [0.1, 0.15) is 6.61 Å². The van der Waals surface area contributed by atoms with E-state index in [1.807, 2.05) is 0 Å². The highest BCUT2D eigenvalue weighted by Crippen LogP contribution is 2.44. The molecule has 2 aliphatic rings. The molecule has 1 atom stereocenters. The van der Waals surface area contributed by atoms with Crippen molar-refractivity contribution in [1.82, 2.24) is 5.32 Å². The highest BCUT2D eigenvalue weighted by molar-refractivity contribution is 6.01. The lowest BCUT2D eigenvalue weighted by Crippen LogP contribution is -2.30. The zero-order chi connectivity index (χ0) is 17.4. The molecule has 0 aliphatic carbocycles. The first-order valence-electron chi connectivity index (χ1n) is 7.15. The summed E-state index contributed by atoms with van der Waals surface area (Å²) in [6, 6.07) is 6.01. The molecular weight excluding hydrogens is 316 g/mol. The van der Waals surface area contributed by atoms with E-state index in [4.69, 9.17) is 9.47 Å². The molecule has 0 unspecified atom stereocenters. The van der Waals surface area contributed by atoms with E-state index in [0.717, 1.165) is 0 Å². The van der Waals surface area contributed by atoms with Crippen LogP contribution in [0.1, 0.15) is 18.4 Å². The van der Waals surface area contributed by atoms with Gasteiger partial charge in [0.15, 0.2) is 0 Å². The molecule has 24 heavy (non-hydrogen) atoms. The minimum Gasteiger partial charge on any atom is -0.466 e. The number of hydrogen-bond acceptors (Lipinski definition) is 7. The van der Waals surface area contributed by atoms with Crippen LogP contribution in [-0.4, -0.2) is 30.6 Å². The van der Waals surface area contributed by atoms with Crippen molar-refractivity contribution in [3.63, 3.8) is 0 Å². The number of benzene rings is 1. The Morgan fingerprint density at radius 3 is 2.79 bits per heavy atom. The van der Waals surface area contributed by atoms with Crippen molar-refractivity contribution >= 4 is 17.6 Å². The van der Waals surface area contributed by atoms with Gasteiger partial charge in [-0.3, -0.25) is 10.1 Å². The average molecular weight is 330 g/mol. The number of nitro benzene ring substituents is 1. The molecular formula is C16H14N2O6. The van der Waals surface area contributed by atoms with Crippen LogP contribution in [0.5, 0.6) is 0 Å². The molecule has 2 aliphatic heterocycles. The Morgan fingerprint density at radius 1 is 1.42 bits per heavy atom. The Labute approximate surface area is 136 Å². The van der Waals surface area contributed by atoms with Crippen molar-refractivity contribution < 1.29 is 24.0 Å². The molecule has 1 N–H and O–H groups in total. The number of cyclic esters (lactones) is 1. The average Bonchev–Trinajstić information content (AvgIpc) is 2.93. The van der Waals surface area contributed by atoms with Gasteiger partial charge in [-0.2, -0.15) is 0 Å². The molecule has 0 saturated carbocycles. The number of rotatable bonds is 3. The summed E-state index contributed by atoms with van der Waals surface area (Å²) >= 11 is 0. The van der Waals surface area contributed by atoms with Crippen LogP contribution in [0.15, 0.2) is 46.8 Å². The summed E-state index contributed by atoms with van der Waals surface area (Å²) < 4.78 is 9.85. The molecule has 2 heterocycles. The summed E-state index contributed by atoms with van der Waals surface area (Å²) in [5, 5.41) is 14.4. The molecule has 124 valence electrons. The van der Waals surface area contributed by atoms with Crippen LogP contribution < -0.4 is 5.32 Å². The van der Waals surface area contributed by atoms with E-state index in [-0.39, 0.29) is 29.0 Å². The van der Waals surface area contributed by atoms with Crippen LogP contribution in [0.2, 0.25) is 0 Å². The highest BCUT2D eigenvalue weighted by atomic mass is 16.6. The zero-order valence-electron chi connectivity index (χ0n) is 13.0. The van der Waals surface area contributed by atoms with Gasteiger partial charge < -0.3 is 14.8 Å². The summed E-state index contributed by atoms with van der Waals surface area (Å²) in [6.07, 6.45) is 0. The van der Waals surface area contributed by atoms with Crippen LogP contribution in [-0.2, 0) is 19.1 Å². The van der Waals surface area contributed by atoms with E-state index < -0.39 is 22.8 Å². The van der Waals surface area contributed by atoms with Crippen molar-refractivity contribution in [1.29, 1.82) is 0 Å². The summed E-state index contributed by atoms with van der Waals surface area (Å²) in [6.45, 7) is 1.69. The third-order valence-corrected chi connectivity index (χ3v) is 4.06. The normalized spacial score (nSPS) is 19.6. The van der Waals surface area contributed by atoms with Crippen LogP contribution >= 0.6 is 0 Å². The number of para-hydroxylation sites is 1. The molecule has 3 rings (SSSR count). The van der Waals surface area contributed by atoms with E-state index in [2.05, 4.69) is 5.32 Å². The summed E-state index contributed by atoms with van der Waals surface area (Å²) in [5.74, 6) is -2.17. The SMILES string of the molecule is COC(=O)C1=C(C)NC2=C(C(=O)OC2)[C@@H]1c1ccccc1[N+](=O)[O-]. The Hall–Kier alpha value is -3.16. The molecule has 0 radical (unpaired) electrons. The van der Waals surface area contributed by atoms with Gasteiger partial charge in [-0.15, -0.1) is 0 Å². The van der Waals surface area contributed by atoms with E-state index in [0.29, 0.717) is 11.4 Å². The van der Waals surface area contributed by atoms with E-state index in [9.17, 15) is 19.7 Å². The lowest BCUT2D eigenvalue weighted by atomic mass is 9.80. The van der Waals surface area contributed by atoms with Crippen molar-refractivity contribution in [3.8, 4) is 0 Å². The number of carbonyl (C=O) groups excluding carboxylic acids is 2. The number of nitrogens with one attached hydrogen (secondary N) is 1. The van der Waals surface area contributed by atoms with Gasteiger partial charge in [-0.25, -0.2) is 9.59 Å². The second-order valence-corrected chi connectivity index (χ2v) is 5.37. The molecule has 0 saturated heterocycles. The minimum absolute atomic E-state index is 0.0388. The fourth-order valence-corrected chi connectivity index (χ4v) is 3.06. The maximum Gasteiger partial charge on any atom is 0.337 e. The largest absolute Gasteiger partial charge is 0.466 e. The molecule has 8 heteroatoms. The Kier molecular flexibility index (Phi) is 3.80. The van der Waals surface area contributed by atoms with Crippen LogP contribution in [0, 0.1) is 10.1 Å². The number of esters is 2. The first kappa shape index (κ1) is 15.7. The fraction of sp³-hybridized carbons (Fsp3) is 0.250. The number of carbonyl (C=O) groups is 2. The standard InChI is InChI=1S/C16H14N2O6/c1-8-12(15(19)23-2)13(14-10(17-8)7-24-16(14)20)9-5-3-4-6-11(9)18(21)22/h3-6,13,17H,7H2,1-2H3/t13-/m1/s1. The number of dihydropyridines is 1. The molecule has 0 amide bonds. The Bertz CT molecular complexity index is 824. The van der Waals surface area contributed by atoms with Crippen molar-refractivity contribution in [3.05, 3.63) is 62.5 Å². The van der Waals surface area contributed by atoms with Crippen molar-refractivity contribution in [2.24, 2.45) is 0 Å².